The molecular weight excluding hydrogens is 585 g/mol. The lowest BCUT2D eigenvalue weighted by Crippen LogP contribution is -2.40. The van der Waals surface area contributed by atoms with Crippen LogP contribution < -0.4 is 14.8 Å². The van der Waals surface area contributed by atoms with Gasteiger partial charge in [0.25, 0.3) is 0 Å². The lowest BCUT2D eigenvalue weighted by Gasteiger charge is -2.29. The van der Waals surface area contributed by atoms with Crippen LogP contribution in [0.25, 0.3) is 0 Å². The Morgan fingerprint density at radius 2 is 1.71 bits per heavy atom. The quantitative estimate of drug-likeness (QED) is 0.146. The first-order valence-corrected chi connectivity index (χ1v) is 16.2. The molecule has 1 amide bonds. The van der Waals surface area contributed by atoms with Gasteiger partial charge in [-0.2, -0.15) is 0 Å². The summed E-state index contributed by atoms with van der Waals surface area (Å²) in [6, 6.07) is 15.3. The largest absolute Gasteiger partial charge is 0.522 e. The maximum Gasteiger partial charge on any atom is 0.522 e. The average molecular weight is 633 g/mol. The summed E-state index contributed by atoms with van der Waals surface area (Å²) >= 11 is 0. The Kier molecular flexibility index (Phi) is 12.7. The number of hydrogen-bond donors (Lipinski definition) is 1. The molecule has 1 unspecified atom stereocenters. The number of nitrogens with zero attached hydrogens (tertiary/aromatic N) is 1. The van der Waals surface area contributed by atoms with Gasteiger partial charge in [0.15, 0.2) is 17.3 Å². The number of carbonyl (C=O) groups excluding carboxylic acids is 2. The summed E-state index contributed by atoms with van der Waals surface area (Å²) in [6.45, 7) is 6.17. The van der Waals surface area contributed by atoms with Crippen LogP contribution in [0, 0.1) is 23.7 Å². The van der Waals surface area contributed by atoms with Crippen molar-refractivity contribution in [1.82, 2.24) is 10.2 Å². The maximum atomic E-state index is 13.7. The first-order chi connectivity index (χ1) is 21.6. The van der Waals surface area contributed by atoms with Crippen LogP contribution in [0.2, 0.25) is 0 Å². The van der Waals surface area contributed by atoms with E-state index in [1.807, 2.05) is 30.3 Å². The predicted octanol–water partition coefficient (Wildman–Crippen LogP) is 6.70. The van der Waals surface area contributed by atoms with Crippen molar-refractivity contribution in [2.45, 2.75) is 71.2 Å². The summed E-state index contributed by atoms with van der Waals surface area (Å²) < 4.78 is 51.5. The fraction of sp³-hybridized carbons (Fsp3) is 0.600. The number of carbonyl (C=O) groups is 2. The number of halogens is 3. The standard InChI is InChI=1S/C35H47F3N2O5/c1-24(2)30(34(42)26-13-16-31(43-3)32(20-26)44-17-8-18-45-35(36,37)38)12-7-11-27-21-39-22-28(27)23-40(29-14-15-29)33(41)19-25-9-5-4-6-10-25/h4-6,9-10,13,16,20,24,27-30,39H,7-8,11-12,14-15,17-19,21-23H2,1-3H3/t27-,28+,30?/m1/s1. The van der Waals surface area contributed by atoms with Crippen molar-refractivity contribution in [3.63, 3.8) is 0 Å². The van der Waals surface area contributed by atoms with Crippen LogP contribution in [0.3, 0.4) is 0 Å². The number of Topliss-reactive ketones (excluding diaryl/α,β-unsaturated/α-hetero) is 1. The van der Waals surface area contributed by atoms with Crippen molar-refractivity contribution >= 4 is 11.7 Å². The molecule has 1 aliphatic heterocycles. The Bertz CT molecular complexity index is 1240. The third-order valence-electron chi connectivity index (χ3n) is 8.91. The second-order valence-electron chi connectivity index (χ2n) is 12.6. The van der Waals surface area contributed by atoms with E-state index in [0.717, 1.165) is 57.3 Å². The molecule has 0 spiro atoms. The van der Waals surface area contributed by atoms with E-state index < -0.39 is 13.0 Å². The summed E-state index contributed by atoms with van der Waals surface area (Å²) in [6.07, 6.45) is 0.576. The fourth-order valence-electron chi connectivity index (χ4n) is 6.26. The Labute approximate surface area is 264 Å². The number of hydrogen-bond acceptors (Lipinski definition) is 6. The fourth-order valence-corrected chi connectivity index (χ4v) is 6.26. The van der Waals surface area contributed by atoms with Crippen LogP contribution >= 0.6 is 0 Å². The Hall–Kier alpha value is -3.11. The molecule has 3 atom stereocenters. The summed E-state index contributed by atoms with van der Waals surface area (Å²) in [7, 11) is 1.47. The van der Waals surface area contributed by atoms with Crippen LogP contribution in [0.1, 0.15) is 68.3 Å². The highest BCUT2D eigenvalue weighted by Gasteiger charge is 2.37. The van der Waals surface area contributed by atoms with Gasteiger partial charge >= 0.3 is 6.36 Å². The van der Waals surface area contributed by atoms with Crippen molar-refractivity contribution in [2.75, 3.05) is 40.0 Å². The molecule has 7 nitrogen and oxygen atoms in total. The lowest BCUT2D eigenvalue weighted by atomic mass is 9.82. The van der Waals surface area contributed by atoms with Gasteiger partial charge < -0.3 is 19.7 Å². The van der Waals surface area contributed by atoms with E-state index in [0.29, 0.717) is 41.4 Å². The molecule has 45 heavy (non-hydrogen) atoms. The Morgan fingerprint density at radius 1 is 0.978 bits per heavy atom. The zero-order chi connectivity index (χ0) is 32.4. The second kappa shape index (κ2) is 16.5. The summed E-state index contributed by atoms with van der Waals surface area (Å²) in [5.74, 6) is 1.73. The first kappa shape index (κ1) is 34.8. The molecule has 2 aromatic carbocycles. The molecule has 1 saturated heterocycles. The van der Waals surface area contributed by atoms with Crippen molar-refractivity contribution in [3.8, 4) is 11.5 Å². The molecule has 1 heterocycles. The number of methoxy groups -OCH3 is 1. The normalized spacial score (nSPS) is 19.0. The van der Waals surface area contributed by atoms with Crippen molar-refractivity contribution in [3.05, 3.63) is 59.7 Å². The average Bonchev–Trinajstić information content (AvgIpc) is 3.75. The van der Waals surface area contributed by atoms with E-state index >= 15 is 0 Å². The van der Waals surface area contributed by atoms with Crippen LogP contribution in [-0.4, -0.2) is 69.0 Å². The van der Waals surface area contributed by atoms with Crippen LogP contribution in [0.15, 0.2) is 48.5 Å². The van der Waals surface area contributed by atoms with Crippen molar-refractivity contribution in [1.29, 1.82) is 0 Å². The maximum absolute atomic E-state index is 13.7. The summed E-state index contributed by atoms with van der Waals surface area (Å²) in [4.78, 5) is 29.1. The molecule has 1 saturated carbocycles. The second-order valence-corrected chi connectivity index (χ2v) is 12.6. The molecule has 0 bridgehead atoms. The van der Waals surface area contributed by atoms with Gasteiger partial charge in [-0.25, -0.2) is 0 Å². The third-order valence-corrected chi connectivity index (χ3v) is 8.91. The highest BCUT2D eigenvalue weighted by atomic mass is 19.4. The summed E-state index contributed by atoms with van der Waals surface area (Å²) in [5.41, 5.74) is 1.54. The van der Waals surface area contributed by atoms with Gasteiger partial charge in [0.2, 0.25) is 5.91 Å². The molecule has 2 aliphatic rings. The molecule has 2 fully saturated rings. The molecule has 1 N–H and O–H groups in total. The van der Waals surface area contributed by atoms with Gasteiger partial charge in [-0.1, -0.05) is 50.6 Å². The first-order valence-electron chi connectivity index (χ1n) is 16.2. The lowest BCUT2D eigenvalue weighted by molar-refractivity contribution is -0.324. The minimum absolute atomic E-state index is 0.00961. The van der Waals surface area contributed by atoms with E-state index in [1.54, 1.807) is 18.2 Å². The number of ether oxygens (including phenoxy) is 3. The number of alkyl halides is 3. The molecule has 248 valence electrons. The van der Waals surface area contributed by atoms with E-state index in [4.69, 9.17) is 9.47 Å². The van der Waals surface area contributed by atoms with Gasteiger partial charge in [-0.15, -0.1) is 13.2 Å². The van der Waals surface area contributed by atoms with Gasteiger partial charge in [-0.05, 0) is 80.3 Å². The van der Waals surface area contributed by atoms with Gasteiger partial charge in [0, 0.05) is 30.5 Å². The molecule has 4 rings (SSSR count). The van der Waals surface area contributed by atoms with Crippen LogP contribution in [-0.2, 0) is 16.0 Å². The van der Waals surface area contributed by atoms with Gasteiger partial charge in [-0.3, -0.25) is 14.3 Å². The topological polar surface area (TPSA) is 77.1 Å². The molecule has 1 aliphatic carbocycles. The van der Waals surface area contributed by atoms with Crippen molar-refractivity contribution < 1.29 is 37.0 Å². The monoisotopic (exact) mass is 632 g/mol. The molecular formula is C35H47F3N2O5. The molecule has 10 heteroatoms. The van der Waals surface area contributed by atoms with E-state index in [1.165, 1.54) is 7.11 Å². The molecule has 0 aromatic heterocycles. The van der Waals surface area contributed by atoms with E-state index in [9.17, 15) is 22.8 Å². The Morgan fingerprint density at radius 3 is 2.38 bits per heavy atom. The minimum Gasteiger partial charge on any atom is -0.493 e. The molecule has 2 aromatic rings. The van der Waals surface area contributed by atoms with E-state index in [-0.39, 0.29) is 36.6 Å². The van der Waals surface area contributed by atoms with Crippen molar-refractivity contribution in [2.24, 2.45) is 23.7 Å². The number of amides is 1. The summed E-state index contributed by atoms with van der Waals surface area (Å²) in [5, 5.41) is 3.54. The van der Waals surface area contributed by atoms with Gasteiger partial charge in [0.05, 0.1) is 26.7 Å². The highest BCUT2D eigenvalue weighted by molar-refractivity contribution is 5.98. The minimum atomic E-state index is -4.68. The Balaban J connectivity index is 1.31. The molecule has 0 radical (unpaired) electrons. The predicted molar refractivity (Wildman–Crippen MR) is 166 cm³/mol. The third kappa shape index (κ3) is 10.7. The smallest absolute Gasteiger partial charge is 0.493 e. The number of benzene rings is 2. The van der Waals surface area contributed by atoms with Crippen LogP contribution in [0.5, 0.6) is 11.5 Å². The number of rotatable bonds is 18. The zero-order valence-corrected chi connectivity index (χ0v) is 26.6. The zero-order valence-electron chi connectivity index (χ0n) is 26.6. The SMILES string of the molecule is COc1ccc(C(=O)C(CCC[C@@H]2CNC[C@H]2CN(C(=O)Cc2ccccc2)C2CC2)C(C)C)cc1OCCCOC(F)(F)F. The number of ketones is 1. The van der Waals surface area contributed by atoms with E-state index in [2.05, 4.69) is 28.8 Å². The van der Waals surface area contributed by atoms with Gasteiger partial charge in [0.1, 0.15) is 0 Å². The van der Waals surface area contributed by atoms with Crippen LogP contribution in [0.4, 0.5) is 13.2 Å². The number of nitrogens with one attached hydrogen (secondary N) is 1. The highest BCUT2D eigenvalue weighted by Crippen LogP contribution is 2.34.